The number of phenolic OH excluding ortho intramolecular Hbond substituents is 1. The van der Waals surface area contributed by atoms with Gasteiger partial charge in [0.2, 0.25) is 0 Å². The molecule has 0 aliphatic rings. The first kappa shape index (κ1) is 23.5. The lowest BCUT2D eigenvalue weighted by molar-refractivity contribution is -0.384. The van der Waals surface area contributed by atoms with Crippen molar-refractivity contribution in [1.29, 1.82) is 0 Å². The molecule has 0 aliphatic heterocycles. The second kappa shape index (κ2) is 9.57. The third-order valence-corrected chi connectivity index (χ3v) is 6.07. The van der Waals surface area contributed by atoms with Crippen molar-refractivity contribution >= 4 is 33.3 Å². The first-order valence-corrected chi connectivity index (χ1v) is 11.1. The number of nitrogens with one attached hydrogen (secondary N) is 2. The summed E-state index contributed by atoms with van der Waals surface area (Å²) < 4.78 is 33.0. The molecule has 172 valence electrons. The van der Waals surface area contributed by atoms with Crippen molar-refractivity contribution in [2.24, 2.45) is 5.10 Å². The molecular formula is C22H22N4O6S. The number of aryl methyl sites for hydroxylation is 2. The van der Waals surface area contributed by atoms with Gasteiger partial charge in [0.1, 0.15) is 5.69 Å². The minimum Gasteiger partial charge on any atom is -0.504 e. The van der Waals surface area contributed by atoms with Gasteiger partial charge >= 0.3 is 0 Å². The molecule has 0 spiro atoms. The number of rotatable bonds is 8. The van der Waals surface area contributed by atoms with Gasteiger partial charge in [-0.2, -0.15) is 5.10 Å². The number of hydrogen-bond donors (Lipinski definition) is 3. The second-order valence-corrected chi connectivity index (χ2v) is 8.84. The Bertz CT molecular complexity index is 1340. The van der Waals surface area contributed by atoms with Gasteiger partial charge in [0, 0.05) is 6.07 Å². The maximum Gasteiger partial charge on any atom is 0.295 e. The summed E-state index contributed by atoms with van der Waals surface area (Å²) in [5, 5.41) is 25.3. The molecule has 10 nitrogen and oxygen atoms in total. The lowest BCUT2D eigenvalue weighted by atomic mass is 10.1. The Labute approximate surface area is 190 Å². The summed E-state index contributed by atoms with van der Waals surface area (Å²) in [7, 11) is -2.64. The van der Waals surface area contributed by atoms with Crippen LogP contribution in [-0.2, 0) is 10.0 Å². The van der Waals surface area contributed by atoms with E-state index < -0.39 is 20.6 Å². The van der Waals surface area contributed by atoms with E-state index in [1.165, 1.54) is 31.5 Å². The van der Waals surface area contributed by atoms with Gasteiger partial charge in [-0.3, -0.25) is 20.3 Å². The van der Waals surface area contributed by atoms with Crippen molar-refractivity contribution in [2.45, 2.75) is 18.7 Å². The predicted octanol–water partition coefficient (Wildman–Crippen LogP) is 4.17. The van der Waals surface area contributed by atoms with Gasteiger partial charge in [-0.05, 0) is 61.4 Å². The van der Waals surface area contributed by atoms with Crippen LogP contribution < -0.4 is 14.9 Å². The Hall–Kier alpha value is -4.12. The van der Waals surface area contributed by atoms with E-state index in [2.05, 4.69) is 15.2 Å². The SMILES string of the molecule is COc1ccc(/C=N\Nc2ccc(S(=O)(=O)Nc3ccc(C)cc3C)cc2[N+](=O)[O-])cc1O. The van der Waals surface area contributed by atoms with Crippen molar-refractivity contribution < 1.29 is 23.2 Å². The van der Waals surface area contributed by atoms with E-state index in [9.17, 15) is 23.6 Å². The Kier molecular flexibility index (Phi) is 6.83. The first-order valence-electron chi connectivity index (χ1n) is 9.65. The van der Waals surface area contributed by atoms with Gasteiger partial charge in [-0.15, -0.1) is 0 Å². The van der Waals surface area contributed by atoms with Crippen molar-refractivity contribution in [1.82, 2.24) is 0 Å². The second-order valence-electron chi connectivity index (χ2n) is 7.16. The van der Waals surface area contributed by atoms with Crippen LogP contribution in [0.3, 0.4) is 0 Å². The number of hydrogen-bond acceptors (Lipinski definition) is 8. The zero-order chi connectivity index (χ0) is 24.2. The standard InChI is InChI=1S/C22H22N4O6S/c1-14-4-7-18(15(2)10-14)25-33(30,31)17-6-8-19(20(12-17)26(28)29)24-23-13-16-5-9-22(32-3)21(27)11-16/h4-13,24-25,27H,1-3H3/b23-13-. The van der Waals surface area contributed by atoms with E-state index in [0.717, 1.165) is 17.2 Å². The topological polar surface area (TPSA) is 143 Å². The van der Waals surface area contributed by atoms with Gasteiger partial charge < -0.3 is 9.84 Å². The van der Waals surface area contributed by atoms with Gasteiger partial charge in [0.25, 0.3) is 15.7 Å². The molecule has 3 N–H and O–H groups in total. The maximum atomic E-state index is 12.8. The highest BCUT2D eigenvalue weighted by atomic mass is 32.2. The average molecular weight is 471 g/mol. The van der Waals surface area contributed by atoms with E-state index in [1.807, 2.05) is 13.0 Å². The monoisotopic (exact) mass is 470 g/mol. The van der Waals surface area contributed by atoms with E-state index in [4.69, 9.17) is 4.74 Å². The molecule has 0 atom stereocenters. The number of hydrazone groups is 1. The Morgan fingerprint density at radius 1 is 1.06 bits per heavy atom. The number of benzene rings is 3. The molecular weight excluding hydrogens is 448 g/mol. The normalized spacial score (nSPS) is 11.4. The van der Waals surface area contributed by atoms with E-state index in [0.29, 0.717) is 17.0 Å². The summed E-state index contributed by atoms with van der Waals surface area (Å²) in [6, 6.07) is 13.3. The quantitative estimate of drug-likeness (QED) is 0.255. The number of nitro benzene ring substituents is 1. The van der Waals surface area contributed by atoms with E-state index in [1.54, 1.807) is 31.2 Å². The van der Waals surface area contributed by atoms with Gasteiger partial charge in [-0.25, -0.2) is 8.42 Å². The van der Waals surface area contributed by atoms with E-state index in [-0.39, 0.29) is 16.3 Å². The fourth-order valence-corrected chi connectivity index (χ4v) is 4.17. The van der Waals surface area contributed by atoms with Gasteiger partial charge in [-0.1, -0.05) is 17.7 Å². The number of nitro groups is 1. The fraction of sp³-hybridized carbons (Fsp3) is 0.136. The number of methoxy groups -OCH3 is 1. The first-order chi connectivity index (χ1) is 15.6. The molecule has 0 saturated carbocycles. The molecule has 33 heavy (non-hydrogen) atoms. The van der Waals surface area contributed by atoms with Crippen molar-refractivity contribution in [3.63, 3.8) is 0 Å². The molecule has 0 aliphatic carbocycles. The molecule has 3 aromatic carbocycles. The number of nitrogens with zero attached hydrogens (tertiary/aromatic N) is 2. The minimum atomic E-state index is -4.06. The van der Waals surface area contributed by atoms with Crippen molar-refractivity contribution in [2.75, 3.05) is 17.3 Å². The molecule has 11 heteroatoms. The van der Waals surface area contributed by atoms with Crippen LogP contribution in [0.15, 0.2) is 64.6 Å². The lowest BCUT2D eigenvalue weighted by Gasteiger charge is -2.12. The minimum absolute atomic E-state index is 0.000509. The predicted molar refractivity (Wildman–Crippen MR) is 126 cm³/mol. The Morgan fingerprint density at radius 2 is 1.79 bits per heavy atom. The van der Waals surface area contributed by atoms with Crippen molar-refractivity contribution in [3.05, 3.63) is 81.4 Å². The fourth-order valence-electron chi connectivity index (χ4n) is 3.02. The highest BCUT2D eigenvalue weighted by molar-refractivity contribution is 7.92. The third-order valence-electron chi connectivity index (χ3n) is 4.70. The summed E-state index contributed by atoms with van der Waals surface area (Å²) in [4.78, 5) is 10.6. The molecule has 0 bridgehead atoms. The maximum absolute atomic E-state index is 12.8. The summed E-state index contributed by atoms with van der Waals surface area (Å²) in [5.41, 5.74) is 4.68. The van der Waals surface area contributed by atoms with Gasteiger partial charge in [0.15, 0.2) is 11.5 Å². The van der Waals surface area contributed by atoms with Crippen LogP contribution in [0, 0.1) is 24.0 Å². The largest absolute Gasteiger partial charge is 0.504 e. The lowest BCUT2D eigenvalue weighted by Crippen LogP contribution is -2.14. The zero-order valence-electron chi connectivity index (χ0n) is 18.1. The molecule has 0 amide bonds. The van der Waals surface area contributed by atoms with Crippen LogP contribution in [0.5, 0.6) is 11.5 Å². The number of anilines is 2. The number of aromatic hydroxyl groups is 1. The number of ether oxygens (including phenoxy) is 1. The summed E-state index contributed by atoms with van der Waals surface area (Å²) >= 11 is 0. The van der Waals surface area contributed by atoms with Crippen LogP contribution in [-0.4, -0.2) is 31.8 Å². The molecule has 0 saturated heterocycles. The molecule has 3 aromatic rings. The Morgan fingerprint density at radius 3 is 2.42 bits per heavy atom. The third kappa shape index (κ3) is 5.57. The van der Waals surface area contributed by atoms with Crippen molar-refractivity contribution in [3.8, 4) is 11.5 Å². The number of phenols is 1. The highest BCUT2D eigenvalue weighted by Crippen LogP contribution is 2.29. The summed E-state index contributed by atoms with van der Waals surface area (Å²) in [6.07, 6.45) is 1.34. The van der Waals surface area contributed by atoms with Crippen LogP contribution in [0.1, 0.15) is 16.7 Å². The smallest absolute Gasteiger partial charge is 0.295 e. The van der Waals surface area contributed by atoms with Crippen LogP contribution in [0.2, 0.25) is 0 Å². The van der Waals surface area contributed by atoms with Crippen LogP contribution in [0.4, 0.5) is 17.1 Å². The van der Waals surface area contributed by atoms with Crippen LogP contribution >= 0.6 is 0 Å². The van der Waals surface area contributed by atoms with E-state index >= 15 is 0 Å². The molecule has 0 aromatic heterocycles. The Balaban J connectivity index is 1.84. The number of sulfonamides is 1. The molecule has 3 rings (SSSR count). The molecule has 0 heterocycles. The average Bonchev–Trinajstić information content (AvgIpc) is 2.76. The summed E-state index contributed by atoms with van der Waals surface area (Å²) in [6.45, 7) is 3.65. The molecule has 0 radical (unpaired) electrons. The van der Waals surface area contributed by atoms with Crippen LogP contribution in [0.25, 0.3) is 0 Å². The molecule has 0 unspecified atom stereocenters. The molecule has 0 fully saturated rings. The zero-order valence-corrected chi connectivity index (χ0v) is 18.9. The summed E-state index contributed by atoms with van der Waals surface area (Å²) in [5.74, 6) is 0.209. The highest BCUT2D eigenvalue weighted by Gasteiger charge is 2.22. The van der Waals surface area contributed by atoms with Gasteiger partial charge in [0.05, 0.1) is 28.8 Å².